The van der Waals surface area contributed by atoms with E-state index in [-0.39, 0.29) is 5.54 Å². The van der Waals surface area contributed by atoms with Crippen LogP contribution in [-0.4, -0.2) is 5.54 Å². The molecule has 1 aliphatic rings. The first kappa shape index (κ1) is 10.2. The molecule has 2 heterocycles. The first-order valence-corrected chi connectivity index (χ1v) is 6.33. The maximum absolute atomic E-state index is 6.26. The molecule has 2 aromatic heterocycles. The molecular weight excluding hydrogens is 226 g/mol. The number of benzene rings is 1. The van der Waals surface area contributed by atoms with Crippen molar-refractivity contribution in [3.05, 3.63) is 35.8 Å². The van der Waals surface area contributed by atoms with Gasteiger partial charge in [0.25, 0.3) is 0 Å². The lowest BCUT2D eigenvalue weighted by Crippen LogP contribution is -2.24. The number of fused-ring (bicyclic) bond motifs is 2. The van der Waals surface area contributed by atoms with E-state index in [9.17, 15) is 0 Å². The summed E-state index contributed by atoms with van der Waals surface area (Å²) in [5.41, 5.74) is 10.5. The van der Waals surface area contributed by atoms with Crippen molar-refractivity contribution in [3.8, 4) is 0 Å². The molecule has 0 spiro atoms. The van der Waals surface area contributed by atoms with Gasteiger partial charge in [-0.2, -0.15) is 0 Å². The highest BCUT2D eigenvalue weighted by molar-refractivity contribution is 6.01. The van der Waals surface area contributed by atoms with Gasteiger partial charge in [0.2, 0.25) is 0 Å². The van der Waals surface area contributed by atoms with Gasteiger partial charge >= 0.3 is 0 Å². The zero-order chi connectivity index (χ0) is 12.3. The Hall–Kier alpha value is -1.74. The van der Waals surface area contributed by atoms with E-state index in [4.69, 9.17) is 14.6 Å². The molecule has 18 heavy (non-hydrogen) atoms. The van der Waals surface area contributed by atoms with Gasteiger partial charge < -0.3 is 14.6 Å². The van der Waals surface area contributed by atoms with Gasteiger partial charge in [0, 0.05) is 27.4 Å². The smallest absolute Gasteiger partial charge is 0.138 e. The average Bonchev–Trinajstić information content (AvgIpc) is 2.87. The molecule has 0 atom stereocenters. The summed E-state index contributed by atoms with van der Waals surface area (Å²) >= 11 is 0. The summed E-state index contributed by atoms with van der Waals surface area (Å²) in [6.45, 7) is 2.07. The van der Waals surface area contributed by atoms with Gasteiger partial charge in [-0.05, 0) is 38.3 Å². The molecule has 1 saturated carbocycles. The van der Waals surface area contributed by atoms with Crippen LogP contribution in [0.1, 0.15) is 24.0 Å². The minimum Gasteiger partial charge on any atom is -0.464 e. The fourth-order valence-electron chi connectivity index (χ4n) is 2.79. The number of hydrogen-bond donors (Lipinski definition) is 1. The molecule has 0 bridgehead atoms. The Morgan fingerprint density at radius 2 is 1.78 bits per heavy atom. The van der Waals surface area contributed by atoms with Crippen molar-refractivity contribution in [2.75, 3.05) is 0 Å². The molecule has 3 nitrogen and oxygen atoms in total. The number of rotatable bonds is 2. The number of aryl methyl sites for hydroxylation is 1. The van der Waals surface area contributed by atoms with Gasteiger partial charge in [-0.1, -0.05) is 0 Å². The van der Waals surface area contributed by atoms with Crippen LogP contribution < -0.4 is 5.73 Å². The maximum Gasteiger partial charge on any atom is 0.138 e. The van der Waals surface area contributed by atoms with E-state index in [1.807, 2.05) is 12.1 Å². The predicted molar refractivity (Wildman–Crippen MR) is 70.6 cm³/mol. The number of hydrogen-bond acceptors (Lipinski definition) is 3. The Balaban J connectivity index is 2.08. The predicted octanol–water partition coefficient (Wildman–Crippen LogP) is 3.52. The Morgan fingerprint density at radius 1 is 1.11 bits per heavy atom. The summed E-state index contributed by atoms with van der Waals surface area (Å²) in [6.07, 6.45) is 6.56. The molecule has 0 amide bonds. The Kier molecular flexibility index (Phi) is 1.80. The van der Waals surface area contributed by atoms with Crippen molar-refractivity contribution < 1.29 is 8.83 Å². The van der Waals surface area contributed by atoms with E-state index in [2.05, 4.69) is 6.92 Å². The summed E-state index contributed by atoms with van der Waals surface area (Å²) in [5, 5.41) is 2.28. The monoisotopic (exact) mass is 241 g/mol. The zero-order valence-corrected chi connectivity index (χ0v) is 10.3. The molecule has 1 fully saturated rings. The summed E-state index contributed by atoms with van der Waals surface area (Å²) in [4.78, 5) is 0. The Labute approximate surface area is 105 Å². The van der Waals surface area contributed by atoms with E-state index >= 15 is 0 Å². The van der Waals surface area contributed by atoms with Gasteiger partial charge in [-0.3, -0.25) is 0 Å². The van der Waals surface area contributed by atoms with Crippen LogP contribution >= 0.6 is 0 Å². The van der Waals surface area contributed by atoms with Crippen LogP contribution in [-0.2, 0) is 6.42 Å². The SMILES string of the molecule is Cc1c2ccoc2c(CC2(N)CC2)c2ccoc12. The summed E-state index contributed by atoms with van der Waals surface area (Å²) in [5.74, 6) is 0. The largest absolute Gasteiger partial charge is 0.464 e. The lowest BCUT2D eigenvalue weighted by atomic mass is 9.96. The van der Waals surface area contributed by atoms with E-state index in [1.54, 1.807) is 12.5 Å². The molecule has 0 saturated heterocycles. The van der Waals surface area contributed by atoms with Crippen molar-refractivity contribution in [1.82, 2.24) is 0 Å². The highest BCUT2D eigenvalue weighted by Gasteiger charge is 2.39. The third-order valence-electron chi connectivity index (χ3n) is 4.10. The van der Waals surface area contributed by atoms with Crippen LogP contribution in [0.2, 0.25) is 0 Å². The number of nitrogens with two attached hydrogens (primary N) is 1. The second kappa shape index (κ2) is 3.18. The molecule has 2 N–H and O–H groups in total. The Bertz CT molecular complexity index is 695. The second-order valence-corrected chi connectivity index (χ2v) is 5.47. The summed E-state index contributed by atoms with van der Waals surface area (Å²) in [7, 11) is 0. The van der Waals surface area contributed by atoms with Gasteiger partial charge in [-0.25, -0.2) is 0 Å². The molecule has 1 aromatic carbocycles. The second-order valence-electron chi connectivity index (χ2n) is 5.47. The highest BCUT2D eigenvalue weighted by atomic mass is 16.3. The van der Waals surface area contributed by atoms with Gasteiger partial charge in [0.15, 0.2) is 0 Å². The van der Waals surface area contributed by atoms with Crippen LogP contribution in [0.4, 0.5) is 0 Å². The van der Waals surface area contributed by atoms with Crippen LogP contribution in [0.15, 0.2) is 33.5 Å². The standard InChI is InChI=1S/C15H15NO2/c1-9-10-2-6-18-14(10)12(8-15(16)4-5-15)11-3-7-17-13(9)11/h2-3,6-7H,4-5,8,16H2,1H3. The molecule has 92 valence electrons. The van der Waals surface area contributed by atoms with Crippen molar-refractivity contribution in [2.24, 2.45) is 5.73 Å². The lowest BCUT2D eigenvalue weighted by molar-refractivity contribution is 0.599. The molecule has 3 heteroatoms. The number of furan rings is 2. The molecule has 1 aliphatic carbocycles. The highest BCUT2D eigenvalue weighted by Crippen LogP contribution is 2.41. The van der Waals surface area contributed by atoms with E-state index in [1.165, 1.54) is 5.56 Å². The van der Waals surface area contributed by atoms with Crippen molar-refractivity contribution in [1.29, 1.82) is 0 Å². The van der Waals surface area contributed by atoms with Crippen LogP contribution in [0.5, 0.6) is 0 Å². The van der Waals surface area contributed by atoms with Crippen molar-refractivity contribution in [2.45, 2.75) is 31.7 Å². The zero-order valence-electron chi connectivity index (χ0n) is 10.3. The minimum atomic E-state index is -0.0286. The Morgan fingerprint density at radius 3 is 2.50 bits per heavy atom. The first-order valence-electron chi connectivity index (χ1n) is 6.33. The van der Waals surface area contributed by atoms with E-state index in [0.717, 1.165) is 46.8 Å². The molecular formula is C15H15NO2. The summed E-state index contributed by atoms with van der Waals surface area (Å²) in [6, 6.07) is 4.03. The van der Waals surface area contributed by atoms with Crippen molar-refractivity contribution >= 4 is 21.9 Å². The molecule has 0 aliphatic heterocycles. The van der Waals surface area contributed by atoms with Gasteiger partial charge in [-0.15, -0.1) is 0 Å². The third kappa shape index (κ3) is 1.28. The van der Waals surface area contributed by atoms with E-state index < -0.39 is 0 Å². The minimum absolute atomic E-state index is 0.0286. The topological polar surface area (TPSA) is 52.3 Å². The fraction of sp³-hybridized carbons (Fsp3) is 0.333. The molecule has 3 aromatic rings. The van der Waals surface area contributed by atoms with Crippen LogP contribution in [0, 0.1) is 6.92 Å². The molecule has 4 rings (SSSR count). The van der Waals surface area contributed by atoms with E-state index in [0.29, 0.717) is 0 Å². The quantitative estimate of drug-likeness (QED) is 0.746. The van der Waals surface area contributed by atoms with Crippen LogP contribution in [0.25, 0.3) is 21.9 Å². The van der Waals surface area contributed by atoms with Crippen LogP contribution in [0.3, 0.4) is 0 Å². The van der Waals surface area contributed by atoms with Crippen molar-refractivity contribution in [3.63, 3.8) is 0 Å². The molecule has 0 unspecified atom stereocenters. The first-order chi connectivity index (χ1) is 8.68. The molecule has 0 radical (unpaired) electrons. The van der Waals surface area contributed by atoms with Gasteiger partial charge in [0.1, 0.15) is 11.2 Å². The fourth-order valence-corrected chi connectivity index (χ4v) is 2.79. The third-order valence-corrected chi connectivity index (χ3v) is 4.10. The lowest BCUT2D eigenvalue weighted by Gasteiger charge is -2.11. The normalized spacial score (nSPS) is 17.7. The average molecular weight is 241 g/mol. The summed E-state index contributed by atoms with van der Waals surface area (Å²) < 4.78 is 11.3. The van der Waals surface area contributed by atoms with Gasteiger partial charge in [0.05, 0.1) is 12.5 Å². The maximum atomic E-state index is 6.26.